The molecule has 0 radical (unpaired) electrons. The predicted molar refractivity (Wildman–Crippen MR) is 101 cm³/mol. The molecule has 0 spiro atoms. The largest absolute Gasteiger partial charge is 0.419 e. The third-order valence-corrected chi connectivity index (χ3v) is 7.45. The molecule has 144 valence electrons. The highest BCUT2D eigenvalue weighted by Crippen LogP contribution is 2.36. The third-order valence-electron chi connectivity index (χ3n) is 4.76. The molecular weight excluding hydrogens is 386 g/mol. The van der Waals surface area contributed by atoms with Crippen molar-refractivity contribution in [2.75, 3.05) is 6.54 Å². The molecule has 8 nitrogen and oxygen atoms in total. The van der Waals surface area contributed by atoms with Crippen molar-refractivity contribution >= 4 is 21.4 Å². The minimum atomic E-state index is -3.70. The van der Waals surface area contributed by atoms with E-state index < -0.39 is 16.1 Å². The summed E-state index contributed by atoms with van der Waals surface area (Å²) < 4.78 is 35.7. The van der Waals surface area contributed by atoms with Crippen LogP contribution in [0.5, 0.6) is 0 Å². The Morgan fingerprint density at radius 3 is 2.89 bits per heavy atom. The van der Waals surface area contributed by atoms with Crippen LogP contribution in [-0.4, -0.2) is 39.2 Å². The third kappa shape index (κ3) is 3.32. The quantitative estimate of drug-likeness (QED) is 0.644. The average Bonchev–Trinajstić information content (AvgIpc) is 3.41. The normalized spacial score (nSPS) is 18.8. The van der Waals surface area contributed by atoms with Crippen LogP contribution in [0.1, 0.15) is 43.8 Å². The van der Waals surface area contributed by atoms with Crippen molar-refractivity contribution in [1.82, 2.24) is 24.3 Å². The lowest BCUT2D eigenvalue weighted by Crippen LogP contribution is -2.38. The van der Waals surface area contributed by atoms with Crippen molar-refractivity contribution < 1.29 is 12.8 Å². The van der Waals surface area contributed by atoms with Crippen LogP contribution in [0.15, 0.2) is 32.3 Å². The highest BCUT2D eigenvalue weighted by molar-refractivity contribution is 7.89. The summed E-state index contributed by atoms with van der Waals surface area (Å²) in [5.41, 5.74) is 1.36. The van der Waals surface area contributed by atoms with Crippen molar-refractivity contribution in [3.63, 3.8) is 0 Å². The van der Waals surface area contributed by atoms with Crippen LogP contribution >= 0.6 is 11.3 Å². The maximum Gasteiger partial charge on any atom is 0.248 e. The molecule has 1 aliphatic rings. The van der Waals surface area contributed by atoms with E-state index in [0.29, 0.717) is 37.0 Å². The molecule has 1 atom stereocenters. The van der Waals surface area contributed by atoms with Crippen molar-refractivity contribution in [1.29, 1.82) is 0 Å². The first-order chi connectivity index (χ1) is 13.0. The van der Waals surface area contributed by atoms with E-state index in [1.807, 2.05) is 23.8 Å². The molecule has 0 amide bonds. The number of thiophene rings is 1. The predicted octanol–water partition coefficient (Wildman–Crippen LogP) is 3.24. The van der Waals surface area contributed by atoms with Gasteiger partial charge in [-0.2, -0.15) is 20.7 Å². The maximum absolute atomic E-state index is 13.3. The van der Waals surface area contributed by atoms with Gasteiger partial charge in [0.15, 0.2) is 0 Å². The second kappa shape index (κ2) is 7.17. The Morgan fingerprint density at radius 2 is 2.19 bits per heavy atom. The minimum Gasteiger partial charge on any atom is -0.419 e. The fraction of sp³-hybridized carbons (Fsp3) is 0.471. The van der Waals surface area contributed by atoms with Gasteiger partial charge in [-0.25, -0.2) is 8.42 Å². The summed E-state index contributed by atoms with van der Waals surface area (Å²) in [6.07, 6.45) is 3.98. The first-order valence-electron chi connectivity index (χ1n) is 8.92. The van der Waals surface area contributed by atoms with Gasteiger partial charge in [-0.1, -0.05) is 6.42 Å². The van der Waals surface area contributed by atoms with Gasteiger partial charge in [0.2, 0.25) is 21.8 Å². The fourth-order valence-electron chi connectivity index (χ4n) is 3.35. The van der Waals surface area contributed by atoms with Gasteiger partial charge >= 0.3 is 0 Å². The molecule has 0 aromatic carbocycles. The molecule has 27 heavy (non-hydrogen) atoms. The number of nitrogens with zero attached hydrogens (tertiary/aromatic N) is 5. The average molecular weight is 408 g/mol. The van der Waals surface area contributed by atoms with Gasteiger partial charge in [0, 0.05) is 30.2 Å². The second-order valence-corrected chi connectivity index (χ2v) is 9.16. The number of rotatable bonds is 5. The van der Waals surface area contributed by atoms with Crippen LogP contribution in [0.25, 0.3) is 11.5 Å². The molecule has 4 rings (SSSR count). The molecule has 1 saturated heterocycles. The van der Waals surface area contributed by atoms with Crippen LogP contribution in [0.4, 0.5) is 0 Å². The molecule has 1 fully saturated rings. The Bertz CT molecular complexity index is 1020. The van der Waals surface area contributed by atoms with Crippen LogP contribution in [0.2, 0.25) is 0 Å². The Kier molecular flexibility index (Phi) is 4.87. The summed E-state index contributed by atoms with van der Waals surface area (Å²) in [5.74, 6) is 0.768. The Morgan fingerprint density at radius 1 is 1.33 bits per heavy atom. The van der Waals surface area contributed by atoms with Crippen LogP contribution < -0.4 is 0 Å². The number of hydrogen-bond donors (Lipinski definition) is 0. The number of hydrogen-bond acceptors (Lipinski definition) is 7. The van der Waals surface area contributed by atoms with Crippen molar-refractivity contribution in [2.24, 2.45) is 0 Å². The van der Waals surface area contributed by atoms with Gasteiger partial charge in [0.25, 0.3) is 0 Å². The summed E-state index contributed by atoms with van der Waals surface area (Å²) in [4.78, 5) is 0.244. The number of aromatic nitrogens is 4. The number of piperidine rings is 1. The molecule has 10 heteroatoms. The fourth-order valence-corrected chi connectivity index (χ4v) is 5.80. The first-order valence-corrected chi connectivity index (χ1v) is 11.3. The molecule has 0 aliphatic carbocycles. The van der Waals surface area contributed by atoms with E-state index in [1.54, 1.807) is 29.1 Å². The molecule has 3 aromatic rings. The molecule has 1 aliphatic heterocycles. The monoisotopic (exact) mass is 407 g/mol. The molecule has 0 saturated carbocycles. The van der Waals surface area contributed by atoms with Crippen molar-refractivity contribution in [2.45, 2.75) is 50.6 Å². The Labute approximate surface area is 161 Å². The lowest BCUT2D eigenvalue weighted by atomic mass is 10.1. The topological polar surface area (TPSA) is 94.1 Å². The summed E-state index contributed by atoms with van der Waals surface area (Å²) in [6.45, 7) is 4.70. The van der Waals surface area contributed by atoms with E-state index in [0.717, 1.165) is 18.4 Å². The molecule has 4 heterocycles. The zero-order valence-electron chi connectivity index (χ0n) is 15.2. The van der Waals surface area contributed by atoms with E-state index >= 15 is 0 Å². The van der Waals surface area contributed by atoms with Crippen molar-refractivity contribution in [3.05, 3.63) is 34.6 Å². The first kappa shape index (κ1) is 18.3. The van der Waals surface area contributed by atoms with Gasteiger partial charge in [-0.15, -0.1) is 10.2 Å². The summed E-state index contributed by atoms with van der Waals surface area (Å²) in [5, 5.41) is 16.4. The minimum absolute atomic E-state index is 0.244. The van der Waals surface area contributed by atoms with Gasteiger partial charge in [0.1, 0.15) is 10.9 Å². The van der Waals surface area contributed by atoms with E-state index in [1.165, 1.54) is 4.31 Å². The Hall–Kier alpha value is -2.04. The smallest absolute Gasteiger partial charge is 0.248 e. The Balaban J connectivity index is 1.69. The zero-order chi connectivity index (χ0) is 19.0. The highest BCUT2D eigenvalue weighted by atomic mass is 32.2. The van der Waals surface area contributed by atoms with Gasteiger partial charge in [-0.3, -0.25) is 4.68 Å². The molecule has 0 unspecified atom stereocenters. The van der Waals surface area contributed by atoms with Crippen molar-refractivity contribution in [3.8, 4) is 11.5 Å². The lowest BCUT2D eigenvalue weighted by molar-refractivity contribution is 0.220. The lowest BCUT2D eigenvalue weighted by Gasteiger charge is -2.32. The van der Waals surface area contributed by atoms with Gasteiger partial charge in [-0.05, 0) is 38.1 Å². The number of aryl methyl sites for hydroxylation is 2. The van der Waals surface area contributed by atoms with Gasteiger partial charge < -0.3 is 4.42 Å². The molecule has 0 bridgehead atoms. The van der Waals surface area contributed by atoms with Gasteiger partial charge in [0.05, 0.1) is 5.69 Å². The summed E-state index contributed by atoms with van der Waals surface area (Å²) in [7, 11) is -3.70. The van der Waals surface area contributed by atoms with E-state index in [2.05, 4.69) is 15.3 Å². The zero-order valence-corrected chi connectivity index (χ0v) is 16.8. The summed E-state index contributed by atoms with van der Waals surface area (Å²) in [6, 6.07) is 1.45. The standard InChI is InChI=1S/C17H21N5O3S2/c1-3-21-10-15(12(2)20-21)27(23,24)22-8-5-4-6-14(22)17-19-18-16(25-17)13-7-9-26-11-13/h7,9-11,14H,3-6,8H2,1-2H3/t14-/m1/s1. The number of sulfonamides is 1. The van der Waals surface area contributed by atoms with E-state index in [9.17, 15) is 8.42 Å². The molecular formula is C17H21N5O3S2. The molecule has 0 N–H and O–H groups in total. The van der Waals surface area contributed by atoms with E-state index in [4.69, 9.17) is 4.42 Å². The van der Waals surface area contributed by atoms with Crippen LogP contribution in [-0.2, 0) is 16.6 Å². The van der Waals surface area contributed by atoms with E-state index in [-0.39, 0.29) is 4.90 Å². The van der Waals surface area contributed by atoms with Crippen LogP contribution in [0, 0.1) is 6.92 Å². The van der Waals surface area contributed by atoms with Crippen LogP contribution in [0.3, 0.4) is 0 Å². The maximum atomic E-state index is 13.3. The summed E-state index contributed by atoms with van der Waals surface area (Å²) >= 11 is 1.54. The molecule has 3 aromatic heterocycles. The highest BCUT2D eigenvalue weighted by Gasteiger charge is 2.39. The second-order valence-electron chi connectivity index (χ2n) is 6.52. The SMILES string of the molecule is CCn1cc(S(=O)(=O)N2CCCC[C@@H]2c2nnc(-c3ccsc3)o2)c(C)n1.